The first-order chi connectivity index (χ1) is 16.0. The molecule has 1 unspecified atom stereocenters. The Kier molecular flexibility index (Phi) is 5.01. The smallest absolute Gasteiger partial charge is 0.269 e. The zero-order chi connectivity index (χ0) is 23.0. The van der Waals surface area contributed by atoms with Crippen molar-refractivity contribution in [2.45, 2.75) is 18.4 Å². The minimum Gasteiger partial charge on any atom is -0.493 e. The number of carbonyl (C=O) groups is 2. The van der Waals surface area contributed by atoms with Crippen molar-refractivity contribution >= 4 is 28.4 Å². The standard InChI is InChI=1S/C26H22N4O3/c27-22(31)16-30-21-14-8-7-13-19(21)23(25(30)33)28-29-24(32)20-15-26(20,17-9-3-1-4-10-17)18-11-5-2-6-12-18/h1-14,20,33H,15-16H2,(H2,27,31). The number of benzene rings is 3. The predicted molar refractivity (Wildman–Crippen MR) is 124 cm³/mol. The van der Waals surface area contributed by atoms with Crippen LogP contribution in [-0.4, -0.2) is 21.5 Å². The van der Waals surface area contributed by atoms with Crippen LogP contribution in [0.4, 0.5) is 5.69 Å². The number of rotatable bonds is 6. The molecule has 4 aromatic rings. The Labute approximate surface area is 190 Å². The zero-order valence-electron chi connectivity index (χ0n) is 17.8. The molecule has 3 aromatic carbocycles. The van der Waals surface area contributed by atoms with Gasteiger partial charge in [0.1, 0.15) is 6.54 Å². The van der Waals surface area contributed by atoms with Gasteiger partial charge in [-0.2, -0.15) is 0 Å². The lowest BCUT2D eigenvalue weighted by molar-refractivity contribution is -0.120. The summed E-state index contributed by atoms with van der Waals surface area (Å²) < 4.78 is 1.37. The molecule has 1 saturated carbocycles. The van der Waals surface area contributed by atoms with Crippen molar-refractivity contribution in [1.82, 2.24) is 4.57 Å². The number of aromatic nitrogens is 1. The lowest BCUT2D eigenvalue weighted by Gasteiger charge is -2.17. The Morgan fingerprint density at radius 2 is 1.52 bits per heavy atom. The number of nitrogens with two attached hydrogens (primary N) is 1. The minimum atomic E-state index is -0.598. The van der Waals surface area contributed by atoms with Gasteiger partial charge >= 0.3 is 0 Å². The van der Waals surface area contributed by atoms with Gasteiger partial charge in [0.2, 0.25) is 11.8 Å². The van der Waals surface area contributed by atoms with Crippen molar-refractivity contribution in [2.75, 3.05) is 0 Å². The van der Waals surface area contributed by atoms with E-state index in [1.165, 1.54) is 4.57 Å². The average Bonchev–Trinajstić information content (AvgIpc) is 3.55. The molecular formula is C26H22N4O3. The van der Waals surface area contributed by atoms with Crippen molar-refractivity contribution < 1.29 is 14.7 Å². The molecular weight excluding hydrogens is 416 g/mol. The molecule has 0 radical (unpaired) electrons. The van der Waals surface area contributed by atoms with E-state index >= 15 is 0 Å². The van der Waals surface area contributed by atoms with Crippen molar-refractivity contribution in [3.05, 3.63) is 96.1 Å². The van der Waals surface area contributed by atoms with Crippen LogP contribution in [0.5, 0.6) is 5.88 Å². The van der Waals surface area contributed by atoms with Crippen LogP contribution in [0.1, 0.15) is 17.5 Å². The number of nitrogens with zero attached hydrogens (tertiary/aromatic N) is 3. The monoisotopic (exact) mass is 438 g/mol. The van der Waals surface area contributed by atoms with E-state index in [1.54, 1.807) is 24.3 Å². The first-order valence-corrected chi connectivity index (χ1v) is 10.7. The van der Waals surface area contributed by atoms with Crippen LogP contribution in [0.15, 0.2) is 95.2 Å². The Morgan fingerprint density at radius 1 is 0.939 bits per heavy atom. The van der Waals surface area contributed by atoms with Crippen LogP contribution in [0.3, 0.4) is 0 Å². The van der Waals surface area contributed by atoms with E-state index in [-0.39, 0.29) is 29.9 Å². The number of para-hydroxylation sites is 1. The molecule has 164 valence electrons. The Morgan fingerprint density at radius 3 is 2.12 bits per heavy atom. The van der Waals surface area contributed by atoms with E-state index in [0.717, 1.165) is 11.1 Å². The highest BCUT2D eigenvalue weighted by Gasteiger charge is 2.60. The molecule has 3 N–H and O–H groups in total. The van der Waals surface area contributed by atoms with Gasteiger partial charge in [0.15, 0.2) is 5.69 Å². The van der Waals surface area contributed by atoms with Gasteiger partial charge < -0.3 is 15.4 Å². The van der Waals surface area contributed by atoms with E-state index in [9.17, 15) is 14.7 Å². The summed E-state index contributed by atoms with van der Waals surface area (Å²) in [5.41, 5.74) is 7.73. The SMILES string of the molecule is NC(=O)Cn1c(O)c(N=NC(=O)C2CC2(c2ccccc2)c2ccccc2)c2ccccc21. The highest BCUT2D eigenvalue weighted by Crippen LogP contribution is 2.59. The fraction of sp³-hybridized carbons (Fsp3) is 0.154. The van der Waals surface area contributed by atoms with Crippen LogP contribution < -0.4 is 5.73 Å². The van der Waals surface area contributed by atoms with Crippen LogP contribution in [0.2, 0.25) is 0 Å². The molecule has 33 heavy (non-hydrogen) atoms. The maximum absolute atomic E-state index is 13.1. The second-order valence-electron chi connectivity index (χ2n) is 8.24. The summed E-state index contributed by atoms with van der Waals surface area (Å²) in [4.78, 5) is 24.6. The fourth-order valence-electron chi connectivity index (χ4n) is 4.69. The topological polar surface area (TPSA) is 110 Å². The van der Waals surface area contributed by atoms with Crippen molar-refractivity contribution in [3.8, 4) is 5.88 Å². The van der Waals surface area contributed by atoms with E-state index < -0.39 is 11.3 Å². The number of aromatic hydroxyl groups is 1. The summed E-state index contributed by atoms with van der Waals surface area (Å²) in [6.45, 7) is -0.205. The molecule has 0 spiro atoms. The van der Waals surface area contributed by atoms with Gasteiger partial charge in [-0.1, -0.05) is 78.9 Å². The average molecular weight is 438 g/mol. The van der Waals surface area contributed by atoms with Gasteiger partial charge in [0.25, 0.3) is 5.91 Å². The molecule has 1 fully saturated rings. The third-order valence-electron chi connectivity index (χ3n) is 6.32. The highest BCUT2D eigenvalue weighted by molar-refractivity contribution is 5.96. The normalized spacial score (nSPS) is 16.8. The first-order valence-electron chi connectivity index (χ1n) is 10.7. The van der Waals surface area contributed by atoms with Gasteiger partial charge in [-0.05, 0) is 23.6 Å². The van der Waals surface area contributed by atoms with Crippen molar-refractivity contribution in [2.24, 2.45) is 21.9 Å². The molecule has 5 rings (SSSR count). The quantitative estimate of drug-likeness (QED) is 0.434. The first kappa shape index (κ1) is 20.6. The molecule has 1 aliphatic rings. The summed E-state index contributed by atoms with van der Waals surface area (Å²) in [5, 5.41) is 19.4. The van der Waals surface area contributed by atoms with Crippen molar-refractivity contribution in [3.63, 3.8) is 0 Å². The molecule has 7 heteroatoms. The number of fused-ring (bicyclic) bond motifs is 1. The van der Waals surface area contributed by atoms with Crippen LogP contribution >= 0.6 is 0 Å². The molecule has 7 nitrogen and oxygen atoms in total. The van der Waals surface area contributed by atoms with Gasteiger partial charge in [-0.15, -0.1) is 10.2 Å². The lowest BCUT2D eigenvalue weighted by atomic mass is 9.85. The maximum Gasteiger partial charge on any atom is 0.269 e. The summed E-state index contributed by atoms with van der Waals surface area (Å²) in [7, 11) is 0. The number of hydrogen-bond acceptors (Lipinski definition) is 4. The third kappa shape index (κ3) is 3.47. The van der Waals surface area contributed by atoms with Gasteiger partial charge in [-0.25, -0.2) is 0 Å². The zero-order valence-corrected chi connectivity index (χ0v) is 17.8. The molecule has 1 atom stereocenters. The second-order valence-corrected chi connectivity index (χ2v) is 8.24. The Bertz CT molecular complexity index is 1340. The highest BCUT2D eigenvalue weighted by atomic mass is 16.3. The summed E-state index contributed by atoms with van der Waals surface area (Å²) in [6, 6.07) is 26.9. The third-order valence-corrected chi connectivity index (χ3v) is 6.32. The Hall–Kier alpha value is -4.26. The molecule has 1 aromatic heterocycles. The van der Waals surface area contributed by atoms with E-state index in [2.05, 4.69) is 10.2 Å². The molecule has 1 aliphatic carbocycles. The maximum atomic E-state index is 13.1. The van der Waals surface area contributed by atoms with Gasteiger partial charge in [0, 0.05) is 10.8 Å². The van der Waals surface area contributed by atoms with E-state index in [1.807, 2.05) is 60.7 Å². The Balaban J connectivity index is 1.50. The van der Waals surface area contributed by atoms with Crippen LogP contribution in [0, 0.1) is 5.92 Å². The molecule has 0 saturated heterocycles. The molecule has 0 aliphatic heterocycles. The molecule has 2 amide bonds. The second kappa shape index (κ2) is 8.02. The van der Waals surface area contributed by atoms with E-state index in [4.69, 9.17) is 5.73 Å². The number of amides is 2. The van der Waals surface area contributed by atoms with E-state index in [0.29, 0.717) is 17.3 Å². The molecule has 0 bridgehead atoms. The number of primary amides is 1. The summed E-state index contributed by atoms with van der Waals surface area (Å²) in [5.74, 6) is -1.56. The van der Waals surface area contributed by atoms with Crippen LogP contribution in [-0.2, 0) is 21.5 Å². The van der Waals surface area contributed by atoms with Crippen LogP contribution in [0.25, 0.3) is 10.9 Å². The fourth-order valence-corrected chi connectivity index (χ4v) is 4.69. The number of hydrogen-bond donors (Lipinski definition) is 2. The number of azo groups is 1. The number of carbonyl (C=O) groups excluding carboxylic acids is 2. The predicted octanol–water partition coefficient (Wildman–Crippen LogP) is 4.45. The lowest BCUT2D eigenvalue weighted by Crippen LogP contribution is -2.18. The molecule has 1 heterocycles. The van der Waals surface area contributed by atoms with Gasteiger partial charge in [0.05, 0.1) is 11.4 Å². The summed E-state index contributed by atoms with van der Waals surface area (Å²) in [6.07, 6.45) is 0.633. The largest absolute Gasteiger partial charge is 0.493 e. The summed E-state index contributed by atoms with van der Waals surface area (Å²) >= 11 is 0. The minimum absolute atomic E-state index is 0.144. The van der Waals surface area contributed by atoms with Crippen molar-refractivity contribution in [1.29, 1.82) is 0 Å². The van der Waals surface area contributed by atoms with Gasteiger partial charge in [-0.3, -0.25) is 9.59 Å².